The van der Waals surface area contributed by atoms with Gasteiger partial charge in [0.25, 0.3) is 0 Å². The lowest BCUT2D eigenvalue weighted by atomic mass is 9.54. The molecule has 0 N–H and O–H groups in total. The molecule has 0 radical (unpaired) electrons. The fraction of sp³-hybridized carbons (Fsp3) is 1.00. The molecule has 0 bridgehead atoms. The molecule has 0 spiro atoms. The molecule has 0 aliphatic heterocycles. The van der Waals surface area contributed by atoms with E-state index in [1.165, 1.54) is 32.1 Å². The lowest BCUT2D eigenvalue weighted by molar-refractivity contribution is -0.0170. The van der Waals surface area contributed by atoms with Gasteiger partial charge in [-0.2, -0.15) is 0 Å². The summed E-state index contributed by atoms with van der Waals surface area (Å²) in [5, 5.41) is 0. The molecular formula is C14H26. The minimum atomic E-state index is 0.614. The van der Waals surface area contributed by atoms with E-state index in [1.54, 1.807) is 0 Å². The largest absolute Gasteiger partial charge is 0.0625 e. The SMILES string of the molecule is CC1CCC2[C@@H](CCC(C)C2(C)C)C1. The Morgan fingerprint density at radius 2 is 1.64 bits per heavy atom. The highest BCUT2D eigenvalue weighted by Gasteiger charge is 2.44. The molecular weight excluding hydrogens is 168 g/mol. The van der Waals surface area contributed by atoms with Crippen LogP contribution in [-0.2, 0) is 0 Å². The minimum absolute atomic E-state index is 0.614. The van der Waals surface area contributed by atoms with Crippen molar-refractivity contribution in [3.8, 4) is 0 Å². The van der Waals surface area contributed by atoms with Crippen LogP contribution in [0.4, 0.5) is 0 Å². The third kappa shape index (κ3) is 1.61. The van der Waals surface area contributed by atoms with Gasteiger partial charge in [-0.05, 0) is 54.8 Å². The van der Waals surface area contributed by atoms with Crippen molar-refractivity contribution < 1.29 is 0 Å². The van der Waals surface area contributed by atoms with E-state index in [-0.39, 0.29) is 0 Å². The Kier molecular flexibility index (Phi) is 2.66. The lowest BCUT2D eigenvalue weighted by Gasteiger charge is -2.51. The number of hydrogen-bond acceptors (Lipinski definition) is 0. The lowest BCUT2D eigenvalue weighted by Crippen LogP contribution is -2.43. The molecule has 2 aliphatic rings. The Labute approximate surface area is 89.5 Å². The molecule has 0 amide bonds. The predicted octanol–water partition coefficient (Wildman–Crippen LogP) is 4.49. The fourth-order valence-electron chi connectivity index (χ4n) is 4.00. The first-order valence-corrected chi connectivity index (χ1v) is 6.51. The molecule has 2 saturated carbocycles. The topological polar surface area (TPSA) is 0 Å². The summed E-state index contributed by atoms with van der Waals surface area (Å²) in [5.41, 5.74) is 0.614. The maximum absolute atomic E-state index is 2.52. The molecule has 0 heteroatoms. The van der Waals surface area contributed by atoms with E-state index in [0.717, 1.165) is 23.7 Å². The number of rotatable bonds is 0. The van der Waals surface area contributed by atoms with E-state index >= 15 is 0 Å². The Morgan fingerprint density at radius 1 is 0.929 bits per heavy atom. The molecule has 2 fully saturated rings. The van der Waals surface area contributed by atoms with Gasteiger partial charge in [-0.3, -0.25) is 0 Å². The summed E-state index contributed by atoms with van der Waals surface area (Å²) in [6, 6.07) is 0. The molecule has 4 atom stereocenters. The molecule has 3 unspecified atom stereocenters. The van der Waals surface area contributed by atoms with Crippen molar-refractivity contribution in [1.29, 1.82) is 0 Å². The molecule has 0 saturated heterocycles. The molecule has 0 heterocycles. The van der Waals surface area contributed by atoms with Crippen molar-refractivity contribution in [2.45, 2.75) is 59.8 Å². The molecule has 0 aromatic heterocycles. The number of hydrogen-bond donors (Lipinski definition) is 0. The molecule has 0 aromatic carbocycles. The van der Waals surface area contributed by atoms with Crippen LogP contribution in [0.3, 0.4) is 0 Å². The van der Waals surface area contributed by atoms with Crippen molar-refractivity contribution in [1.82, 2.24) is 0 Å². The Hall–Kier alpha value is 0. The molecule has 14 heavy (non-hydrogen) atoms. The highest BCUT2D eigenvalue weighted by molar-refractivity contribution is 4.94. The summed E-state index contributed by atoms with van der Waals surface area (Å²) in [6.07, 6.45) is 7.49. The Bertz CT molecular complexity index is 204. The minimum Gasteiger partial charge on any atom is -0.0625 e. The zero-order valence-electron chi connectivity index (χ0n) is 10.3. The number of fused-ring (bicyclic) bond motifs is 1. The third-order valence-corrected chi connectivity index (χ3v) is 5.44. The summed E-state index contributed by atoms with van der Waals surface area (Å²) in [6.45, 7) is 9.95. The van der Waals surface area contributed by atoms with Crippen LogP contribution in [0.25, 0.3) is 0 Å². The zero-order valence-corrected chi connectivity index (χ0v) is 10.3. The van der Waals surface area contributed by atoms with Gasteiger partial charge in [-0.1, -0.05) is 34.1 Å². The van der Waals surface area contributed by atoms with Crippen molar-refractivity contribution >= 4 is 0 Å². The van der Waals surface area contributed by atoms with Crippen molar-refractivity contribution in [2.75, 3.05) is 0 Å². The molecule has 82 valence electrons. The van der Waals surface area contributed by atoms with Crippen LogP contribution in [0.1, 0.15) is 59.8 Å². The first-order valence-electron chi connectivity index (χ1n) is 6.51. The average Bonchev–Trinajstić information content (AvgIpc) is 2.12. The summed E-state index contributed by atoms with van der Waals surface area (Å²) in [4.78, 5) is 0. The second-order valence-electron chi connectivity index (χ2n) is 6.58. The van der Waals surface area contributed by atoms with Crippen LogP contribution < -0.4 is 0 Å². The zero-order chi connectivity index (χ0) is 10.3. The second-order valence-corrected chi connectivity index (χ2v) is 6.58. The first-order chi connectivity index (χ1) is 6.51. The van der Waals surface area contributed by atoms with Crippen LogP contribution in [-0.4, -0.2) is 0 Å². The van der Waals surface area contributed by atoms with Gasteiger partial charge in [0.2, 0.25) is 0 Å². The van der Waals surface area contributed by atoms with Crippen molar-refractivity contribution in [2.24, 2.45) is 29.1 Å². The summed E-state index contributed by atoms with van der Waals surface area (Å²) in [7, 11) is 0. The van der Waals surface area contributed by atoms with Crippen LogP contribution in [0.15, 0.2) is 0 Å². The third-order valence-electron chi connectivity index (χ3n) is 5.44. The highest BCUT2D eigenvalue weighted by Crippen LogP contribution is 2.53. The van der Waals surface area contributed by atoms with Crippen molar-refractivity contribution in [3.63, 3.8) is 0 Å². The smallest absolute Gasteiger partial charge is 0.0298 e. The predicted molar refractivity (Wildman–Crippen MR) is 62.2 cm³/mol. The van der Waals surface area contributed by atoms with Gasteiger partial charge in [-0.15, -0.1) is 0 Å². The fourth-order valence-corrected chi connectivity index (χ4v) is 4.00. The van der Waals surface area contributed by atoms with Gasteiger partial charge in [0.05, 0.1) is 0 Å². The van der Waals surface area contributed by atoms with Gasteiger partial charge < -0.3 is 0 Å². The monoisotopic (exact) mass is 194 g/mol. The van der Waals surface area contributed by atoms with Crippen LogP contribution in [0, 0.1) is 29.1 Å². The van der Waals surface area contributed by atoms with Gasteiger partial charge in [-0.25, -0.2) is 0 Å². The van der Waals surface area contributed by atoms with Gasteiger partial charge in [0.1, 0.15) is 0 Å². The Morgan fingerprint density at radius 3 is 2.36 bits per heavy atom. The summed E-state index contributed by atoms with van der Waals surface area (Å²) >= 11 is 0. The normalized spacial score (nSPS) is 47.1. The van der Waals surface area contributed by atoms with E-state index in [1.807, 2.05) is 0 Å². The summed E-state index contributed by atoms with van der Waals surface area (Å²) in [5.74, 6) is 4.03. The van der Waals surface area contributed by atoms with Crippen LogP contribution >= 0.6 is 0 Å². The average molecular weight is 194 g/mol. The van der Waals surface area contributed by atoms with E-state index in [0.29, 0.717) is 5.41 Å². The van der Waals surface area contributed by atoms with Crippen LogP contribution in [0.5, 0.6) is 0 Å². The molecule has 2 rings (SSSR count). The van der Waals surface area contributed by atoms with Gasteiger partial charge in [0.15, 0.2) is 0 Å². The molecule has 0 nitrogen and oxygen atoms in total. The maximum Gasteiger partial charge on any atom is -0.0298 e. The van der Waals surface area contributed by atoms with E-state index in [2.05, 4.69) is 27.7 Å². The Balaban J connectivity index is 2.13. The van der Waals surface area contributed by atoms with Crippen LogP contribution in [0.2, 0.25) is 0 Å². The second kappa shape index (κ2) is 3.54. The summed E-state index contributed by atoms with van der Waals surface area (Å²) < 4.78 is 0. The standard InChI is InChI=1S/C14H26/c1-10-5-8-13-12(9-10)7-6-11(2)14(13,3)4/h10-13H,5-9H2,1-4H3/t10?,11?,12-,13?/m0/s1. The van der Waals surface area contributed by atoms with E-state index in [4.69, 9.17) is 0 Å². The van der Waals surface area contributed by atoms with Crippen molar-refractivity contribution in [3.05, 3.63) is 0 Å². The molecule has 0 aromatic rings. The van der Waals surface area contributed by atoms with E-state index < -0.39 is 0 Å². The molecule has 2 aliphatic carbocycles. The van der Waals surface area contributed by atoms with Gasteiger partial charge in [0, 0.05) is 0 Å². The van der Waals surface area contributed by atoms with Gasteiger partial charge >= 0.3 is 0 Å². The first kappa shape index (κ1) is 10.5. The van der Waals surface area contributed by atoms with E-state index in [9.17, 15) is 0 Å². The maximum atomic E-state index is 2.52. The highest BCUT2D eigenvalue weighted by atomic mass is 14.5. The quantitative estimate of drug-likeness (QED) is 0.533.